The number of hydrogen-bond donors (Lipinski definition) is 0. The first-order chi connectivity index (χ1) is 23.4. The van der Waals surface area contributed by atoms with Crippen LogP contribution in [0.25, 0.3) is 65.5 Å². The summed E-state index contributed by atoms with van der Waals surface area (Å²) in [5.41, 5.74) is 7.02. The van der Waals surface area contributed by atoms with Crippen LogP contribution in [0.2, 0.25) is 0 Å². The van der Waals surface area contributed by atoms with Gasteiger partial charge in [-0.2, -0.15) is 5.10 Å². The first-order valence-electron chi connectivity index (χ1n) is 16.4. The molecular weight excluding hydrogens is 556 g/mol. The molecule has 0 unspecified atom stereocenters. The third-order valence-electron chi connectivity index (χ3n) is 8.97. The molecule has 1 aliphatic rings. The molecule has 0 saturated carbocycles. The quantitative estimate of drug-likeness (QED) is 0.208. The molecule has 10 rings (SSSR count). The molecule has 0 saturated heterocycles. The summed E-state index contributed by atoms with van der Waals surface area (Å²) in [6.45, 7) is -2.17. The van der Waals surface area contributed by atoms with Gasteiger partial charge in [0.05, 0.1) is 27.6 Å². The van der Waals surface area contributed by atoms with Crippen LogP contribution in [0.5, 0.6) is 11.5 Å². The van der Waals surface area contributed by atoms with E-state index in [0.717, 1.165) is 54.6 Å². The minimum absolute atomic E-state index is 0.132. The number of aromatic nitrogens is 3. The number of ether oxygens (including phenoxy) is 1. The Kier molecular flexibility index (Phi) is 4.30. The molecule has 0 N–H and O–H groups in total. The summed E-state index contributed by atoms with van der Waals surface area (Å²) < 4.78 is 34.2. The van der Waals surface area contributed by atoms with Crippen molar-refractivity contribution in [2.75, 3.05) is 18.5 Å². The molecule has 0 atom stereocenters. The van der Waals surface area contributed by atoms with Gasteiger partial charge in [-0.25, -0.2) is 4.98 Å². The van der Waals surface area contributed by atoms with Gasteiger partial charge in [0.2, 0.25) is 0 Å². The van der Waals surface area contributed by atoms with Crippen molar-refractivity contribution in [2.45, 2.75) is 0 Å². The van der Waals surface area contributed by atoms with Crippen molar-refractivity contribution in [3.63, 3.8) is 0 Å². The molecule has 45 heavy (non-hydrogen) atoms. The van der Waals surface area contributed by atoms with E-state index in [1.807, 2.05) is 42.6 Å². The number of hydrazone groups is 1. The van der Waals surface area contributed by atoms with E-state index in [1.165, 1.54) is 28.0 Å². The summed E-state index contributed by atoms with van der Waals surface area (Å²) in [4.78, 5) is 6.83. The zero-order chi connectivity index (χ0) is 32.1. The first kappa shape index (κ1) is 21.6. The third kappa shape index (κ3) is 3.40. The lowest BCUT2D eigenvalue weighted by atomic mass is 10.0. The van der Waals surface area contributed by atoms with Crippen LogP contribution in [0.4, 0.5) is 5.69 Å². The number of rotatable bonds is 3. The van der Waals surface area contributed by atoms with Gasteiger partial charge in [-0.1, -0.05) is 60.7 Å². The molecule has 7 heteroatoms. The maximum Gasteiger partial charge on any atom is 0.162 e. The predicted octanol–water partition coefficient (Wildman–Crippen LogP) is 8.80. The fourth-order valence-electron chi connectivity index (χ4n) is 7.12. The van der Waals surface area contributed by atoms with Crippen LogP contribution in [0.3, 0.4) is 0 Å². The van der Waals surface area contributed by atoms with Gasteiger partial charge in [-0.3, -0.25) is 9.41 Å². The molecule has 0 bridgehead atoms. The van der Waals surface area contributed by atoms with Crippen LogP contribution < -0.4 is 9.64 Å². The van der Waals surface area contributed by atoms with Crippen molar-refractivity contribution >= 4 is 77.6 Å². The van der Waals surface area contributed by atoms with Crippen LogP contribution in [0.15, 0.2) is 127 Å². The van der Waals surface area contributed by atoms with Crippen LogP contribution in [0, 0.1) is 0 Å². The molecule has 0 spiro atoms. The van der Waals surface area contributed by atoms with E-state index in [4.69, 9.17) is 13.8 Å². The molecule has 7 nitrogen and oxygen atoms in total. The van der Waals surface area contributed by atoms with Gasteiger partial charge in [0, 0.05) is 67.4 Å². The lowest BCUT2D eigenvalue weighted by Gasteiger charge is -2.17. The maximum atomic E-state index is 7.68. The van der Waals surface area contributed by atoms with E-state index in [0.29, 0.717) is 11.5 Å². The summed E-state index contributed by atoms with van der Waals surface area (Å²) in [6, 6.07) is 39.6. The monoisotopic (exact) mass is 585 g/mol. The summed E-state index contributed by atoms with van der Waals surface area (Å²) in [5.74, 6) is 1.30. The highest BCUT2D eigenvalue weighted by Gasteiger charge is 2.20. The molecule has 4 aromatic heterocycles. The van der Waals surface area contributed by atoms with Crippen molar-refractivity contribution in [2.24, 2.45) is 5.10 Å². The topological polar surface area (TPSA) is 49.8 Å². The molecule has 0 radical (unpaired) electrons. The first-order valence-corrected chi connectivity index (χ1v) is 14.9. The van der Waals surface area contributed by atoms with Gasteiger partial charge >= 0.3 is 0 Å². The molecule has 0 aliphatic carbocycles. The summed E-state index contributed by atoms with van der Waals surface area (Å²) in [6.07, 6.45) is 3.39. The van der Waals surface area contributed by atoms with Crippen molar-refractivity contribution < 1.29 is 8.85 Å². The lowest BCUT2D eigenvalue weighted by Crippen LogP contribution is -2.23. The Bertz CT molecular complexity index is 2820. The molecule has 0 fully saturated rings. The van der Waals surface area contributed by atoms with Crippen molar-refractivity contribution in [1.82, 2.24) is 18.8 Å². The van der Waals surface area contributed by atoms with Crippen molar-refractivity contribution in [3.05, 3.63) is 121 Å². The number of benzene rings is 5. The van der Waals surface area contributed by atoms with Crippen LogP contribution in [-0.2, 0) is 0 Å². The largest absolute Gasteiger partial charge is 0.457 e. The van der Waals surface area contributed by atoms with E-state index in [-0.39, 0.29) is 6.67 Å². The van der Waals surface area contributed by atoms with Gasteiger partial charge < -0.3 is 14.0 Å². The molecule has 9 aromatic rings. The zero-order valence-corrected chi connectivity index (χ0v) is 23.9. The highest BCUT2D eigenvalue weighted by Crippen LogP contribution is 2.41. The maximum absolute atomic E-state index is 7.68. The zero-order valence-electron chi connectivity index (χ0n) is 26.9. The standard InChI is InChI=1S/C38H26N6O/c1-41-23-42(22-40-41)24-8-4-9-25(20-24)45-26-17-18-28-30-12-6-14-32-31-13-5-11-29-27-10-2-3-15-33(27)43(36(29)31)34-16-7-19-39-38(34)44(37(30)32)35(28)21-26/h2-22H,23H2,1H3/i1D3. The van der Waals surface area contributed by atoms with Gasteiger partial charge in [-0.15, -0.1) is 0 Å². The molecule has 5 aromatic carbocycles. The van der Waals surface area contributed by atoms with E-state index in [9.17, 15) is 0 Å². The van der Waals surface area contributed by atoms with Gasteiger partial charge in [0.1, 0.15) is 24.5 Å². The Labute approximate surface area is 261 Å². The van der Waals surface area contributed by atoms with Gasteiger partial charge in [-0.05, 0) is 42.5 Å². The number of nitrogens with zero attached hydrogens (tertiary/aromatic N) is 6. The fourth-order valence-corrected chi connectivity index (χ4v) is 7.12. The molecule has 5 heterocycles. The Morgan fingerprint density at radius 3 is 2.13 bits per heavy atom. The predicted molar refractivity (Wildman–Crippen MR) is 184 cm³/mol. The second-order valence-electron chi connectivity index (χ2n) is 11.5. The van der Waals surface area contributed by atoms with E-state index >= 15 is 0 Å². The summed E-state index contributed by atoms with van der Waals surface area (Å²) in [5, 5.41) is 12.1. The Balaban J connectivity index is 1.22. The van der Waals surface area contributed by atoms with E-state index in [1.54, 1.807) is 4.90 Å². The van der Waals surface area contributed by atoms with E-state index in [2.05, 4.69) is 92.8 Å². The highest BCUT2D eigenvalue weighted by molar-refractivity contribution is 6.25. The molecule has 1 aliphatic heterocycles. The molecular formula is C38H26N6O. The number of pyridine rings is 1. The van der Waals surface area contributed by atoms with Crippen LogP contribution in [0.1, 0.15) is 4.11 Å². The van der Waals surface area contributed by atoms with E-state index < -0.39 is 6.98 Å². The minimum atomic E-state index is -2.30. The number of fused-ring (bicyclic) bond motifs is 10. The van der Waals surface area contributed by atoms with Crippen LogP contribution >= 0.6 is 0 Å². The summed E-state index contributed by atoms with van der Waals surface area (Å²) >= 11 is 0. The average Bonchev–Trinajstić information content (AvgIpc) is 3.81. The third-order valence-corrected chi connectivity index (χ3v) is 8.97. The second kappa shape index (κ2) is 8.97. The fraction of sp³-hybridized carbons (Fsp3) is 0.0526. The normalized spacial score (nSPS) is 14.9. The minimum Gasteiger partial charge on any atom is -0.457 e. The Hall–Kier alpha value is -6.08. The van der Waals surface area contributed by atoms with Crippen molar-refractivity contribution in [1.29, 1.82) is 0 Å². The smallest absolute Gasteiger partial charge is 0.162 e. The highest BCUT2D eigenvalue weighted by atomic mass is 16.5. The van der Waals surface area contributed by atoms with Crippen LogP contribution in [-0.4, -0.2) is 38.8 Å². The van der Waals surface area contributed by atoms with Crippen molar-refractivity contribution in [3.8, 4) is 11.5 Å². The number of hydrogen-bond acceptors (Lipinski definition) is 5. The average molecular weight is 586 g/mol. The molecule has 214 valence electrons. The lowest BCUT2D eigenvalue weighted by molar-refractivity contribution is 0.393. The summed E-state index contributed by atoms with van der Waals surface area (Å²) in [7, 11) is 0. The van der Waals surface area contributed by atoms with Gasteiger partial charge in [0.25, 0.3) is 0 Å². The second-order valence-corrected chi connectivity index (χ2v) is 11.5. The Morgan fingerprint density at radius 1 is 0.622 bits per heavy atom. The SMILES string of the molecule is [2H]C([2H])([2H])N1CN(c2cccc(Oc3ccc4c5cccc6c7cccc8c9ccccc9n(c9cccnc9n(c4c3)c56)c87)c2)C=N1. The molecule has 0 amide bonds. The van der Waals surface area contributed by atoms with Gasteiger partial charge in [0.15, 0.2) is 5.65 Å². The number of para-hydroxylation sites is 3. The Morgan fingerprint density at radius 2 is 1.31 bits per heavy atom. The number of anilines is 1.